The van der Waals surface area contributed by atoms with Crippen molar-refractivity contribution >= 4 is 10.9 Å². The van der Waals surface area contributed by atoms with E-state index in [2.05, 4.69) is 71.7 Å². The van der Waals surface area contributed by atoms with Crippen LogP contribution in [-0.4, -0.2) is 43.2 Å². The number of para-hydroxylation sites is 1. The van der Waals surface area contributed by atoms with Crippen LogP contribution < -0.4 is 5.32 Å². The van der Waals surface area contributed by atoms with Crippen LogP contribution in [0.3, 0.4) is 0 Å². The fraction of sp³-hybridized carbons (Fsp3) is 0.348. The summed E-state index contributed by atoms with van der Waals surface area (Å²) in [6.07, 6.45) is 0. The molecule has 1 unspecified atom stereocenters. The molecule has 1 atom stereocenters. The SMILES string of the molecule is CNC(C)c1ccc(-c2cc(CN3CCOCC3)c3ccccc3n2)cc1. The largest absolute Gasteiger partial charge is 0.379 e. The van der Waals surface area contributed by atoms with Crippen LogP contribution in [0.5, 0.6) is 0 Å². The van der Waals surface area contributed by atoms with Crippen LogP contribution in [0.4, 0.5) is 0 Å². The zero-order valence-corrected chi connectivity index (χ0v) is 16.1. The van der Waals surface area contributed by atoms with Crippen molar-refractivity contribution in [1.82, 2.24) is 15.2 Å². The van der Waals surface area contributed by atoms with Crippen LogP contribution in [0.15, 0.2) is 54.6 Å². The standard InChI is InChI=1S/C23H27N3O/c1-17(24-2)18-7-9-19(10-8-18)23-15-20(16-26-11-13-27-14-12-26)21-5-3-4-6-22(21)25-23/h3-10,15,17,24H,11-14,16H2,1-2H3. The lowest BCUT2D eigenvalue weighted by Gasteiger charge is -2.27. The van der Waals surface area contributed by atoms with E-state index in [0.717, 1.165) is 49.6 Å². The number of nitrogens with zero attached hydrogens (tertiary/aromatic N) is 2. The van der Waals surface area contributed by atoms with E-state index >= 15 is 0 Å². The predicted molar refractivity (Wildman–Crippen MR) is 111 cm³/mol. The van der Waals surface area contributed by atoms with E-state index in [0.29, 0.717) is 6.04 Å². The molecule has 0 bridgehead atoms. The summed E-state index contributed by atoms with van der Waals surface area (Å²) in [5, 5.41) is 4.53. The van der Waals surface area contributed by atoms with Crippen LogP contribution >= 0.6 is 0 Å². The summed E-state index contributed by atoms with van der Waals surface area (Å²) in [4.78, 5) is 7.40. The summed E-state index contributed by atoms with van der Waals surface area (Å²) in [7, 11) is 1.99. The van der Waals surface area contributed by atoms with Crippen LogP contribution in [0.1, 0.15) is 24.1 Å². The second kappa shape index (κ2) is 8.17. The number of pyridine rings is 1. The molecule has 1 N–H and O–H groups in total. The average molecular weight is 361 g/mol. The van der Waals surface area contributed by atoms with E-state index in [1.165, 1.54) is 16.5 Å². The normalized spacial score (nSPS) is 16.5. The van der Waals surface area contributed by atoms with Crippen molar-refractivity contribution in [3.05, 3.63) is 65.7 Å². The van der Waals surface area contributed by atoms with Gasteiger partial charge in [-0.2, -0.15) is 0 Å². The molecule has 0 spiro atoms. The number of rotatable bonds is 5. The van der Waals surface area contributed by atoms with Gasteiger partial charge in [-0.15, -0.1) is 0 Å². The number of morpholine rings is 1. The summed E-state index contributed by atoms with van der Waals surface area (Å²) in [5.74, 6) is 0. The lowest BCUT2D eigenvalue weighted by molar-refractivity contribution is 0.0344. The molecule has 140 valence electrons. The molecule has 4 heteroatoms. The lowest BCUT2D eigenvalue weighted by atomic mass is 10.0. The Labute approximate surface area is 161 Å². The van der Waals surface area contributed by atoms with Gasteiger partial charge in [0.1, 0.15) is 0 Å². The maximum absolute atomic E-state index is 5.50. The molecule has 0 saturated carbocycles. The zero-order chi connectivity index (χ0) is 18.6. The molecule has 3 aromatic rings. The Balaban J connectivity index is 1.70. The molecular weight excluding hydrogens is 334 g/mol. The minimum Gasteiger partial charge on any atom is -0.379 e. The maximum Gasteiger partial charge on any atom is 0.0712 e. The molecule has 0 aliphatic carbocycles. The molecule has 1 saturated heterocycles. The summed E-state index contributed by atoms with van der Waals surface area (Å²) in [6, 6.07) is 19.8. The number of hydrogen-bond acceptors (Lipinski definition) is 4. The molecule has 1 aliphatic rings. The molecule has 0 amide bonds. The highest BCUT2D eigenvalue weighted by Crippen LogP contribution is 2.27. The first kappa shape index (κ1) is 18.1. The van der Waals surface area contributed by atoms with Crippen molar-refractivity contribution in [1.29, 1.82) is 0 Å². The van der Waals surface area contributed by atoms with E-state index in [-0.39, 0.29) is 0 Å². The van der Waals surface area contributed by atoms with Crippen molar-refractivity contribution in [2.24, 2.45) is 0 Å². The monoisotopic (exact) mass is 361 g/mol. The van der Waals surface area contributed by atoms with E-state index in [1.807, 2.05) is 7.05 Å². The molecule has 1 aromatic heterocycles. The molecule has 1 fully saturated rings. The number of aromatic nitrogens is 1. The fourth-order valence-electron chi connectivity index (χ4n) is 3.64. The van der Waals surface area contributed by atoms with Crippen LogP contribution in [0.25, 0.3) is 22.2 Å². The second-order valence-corrected chi connectivity index (χ2v) is 7.20. The van der Waals surface area contributed by atoms with Crippen molar-refractivity contribution in [2.45, 2.75) is 19.5 Å². The van der Waals surface area contributed by atoms with Gasteiger partial charge >= 0.3 is 0 Å². The van der Waals surface area contributed by atoms with Gasteiger partial charge in [0, 0.05) is 36.6 Å². The van der Waals surface area contributed by atoms with Gasteiger partial charge in [0.15, 0.2) is 0 Å². The Hall–Kier alpha value is -2.27. The van der Waals surface area contributed by atoms with Gasteiger partial charge in [-0.1, -0.05) is 42.5 Å². The Bertz CT molecular complexity index is 901. The van der Waals surface area contributed by atoms with Gasteiger partial charge in [0.25, 0.3) is 0 Å². The molecule has 2 heterocycles. The van der Waals surface area contributed by atoms with E-state index in [9.17, 15) is 0 Å². The zero-order valence-electron chi connectivity index (χ0n) is 16.1. The highest BCUT2D eigenvalue weighted by Gasteiger charge is 2.14. The third-order valence-electron chi connectivity index (χ3n) is 5.44. The molecule has 4 rings (SSSR count). The molecule has 4 nitrogen and oxygen atoms in total. The third-order valence-corrected chi connectivity index (χ3v) is 5.44. The Morgan fingerprint density at radius 3 is 2.56 bits per heavy atom. The first-order chi connectivity index (χ1) is 13.2. The fourth-order valence-corrected chi connectivity index (χ4v) is 3.64. The summed E-state index contributed by atoms with van der Waals surface area (Å²) in [6.45, 7) is 6.73. The van der Waals surface area contributed by atoms with Crippen molar-refractivity contribution in [2.75, 3.05) is 33.4 Å². The van der Waals surface area contributed by atoms with Crippen molar-refractivity contribution < 1.29 is 4.74 Å². The second-order valence-electron chi connectivity index (χ2n) is 7.20. The van der Waals surface area contributed by atoms with E-state index in [4.69, 9.17) is 9.72 Å². The minimum absolute atomic E-state index is 0.348. The third kappa shape index (κ3) is 4.03. The number of fused-ring (bicyclic) bond motifs is 1. The van der Waals surface area contributed by atoms with Gasteiger partial charge in [-0.05, 0) is 37.2 Å². The van der Waals surface area contributed by atoms with Crippen molar-refractivity contribution in [3.8, 4) is 11.3 Å². The van der Waals surface area contributed by atoms with Crippen LogP contribution in [0.2, 0.25) is 0 Å². The number of benzene rings is 2. The highest BCUT2D eigenvalue weighted by atomic mass is 16.5. The van der Waals surface area contributed by atoms with Crippen LogP contribution in [-0.2, 0) is 11.3 Å². The molecule has 0 radical (unpaired) electrons. The number of hydrogen-bond donors (Lipinski definition) is 1. The Morgan fingerprint density at radius 1 is 1.07 bits per heavy atom. The highest BCUT2D eigenvalue weighted by molar-refractivity contribution is 5.85. The lowest BCUT2D eigenvalue weighted by Crippen LogP contribution is -2.35. The summed E-state index contributed by atoms with van der Waals surface area (Å²) in [5.41, 5.74) is 5.89. The minimum atomic E-state index is 0.348. The summed E-state index contributed by atoms with van der Waals surface area (Å²) < 4.78 is 5.50. The summed E-state index contributed by atoms with van der Waals surface area (Å²) >= 11 is 0. The van der Waals surface area contributed by atoms with Crippen LogP contribution in [0, 0.1) is 0 Å². The maximum atomic E-state index is 5.50. The Kier molecular flexibility index (Phi) is 5.48. The smallest absolute Gasteiger partial charge is 0.0712 e. The quantitative estimate of drug-likeness (QED) is 0.745. The van der Waals surface area contributed by atoms with Gasteiger partial charge in [-0.25, -0.2) is 4.98 Å². The molecule has 2 aromatic carbocycles. The van der Waals surface area contributed by atoms with Gasteiger partial charge in [0.05, 0.1) is 24.4 Å². The van der Waals surface area contributed by atoms with E-state index < -0.39 is 0 Å². The van der Waals surface area contributed by atoms with Gasteiger partial charge in [0.2, 0.25) is 0 Å². The first-order valence-electron chi connectivity index (χ1n) is 9.71. The first-order valence-corrected chi connectivity index (χ1v) is 9.71. The molecule has 27 heavy (non-hydrogen) atoms. The average Bonchev–Trinajstić information content (AvgIpc) is 2.74. The Morgan fingerprint density at radius 2 is 1.81 bits per heavy atom. The molecular formula is C23H27N3O. The predicted octanol–water partition coefficient (Wildman–Crippen LogP) is 4.01. The number of ether oxygens (including phenoxy) is 1. The topological polar surface area (TPSA) is 37.4 Å². The van der Waals surface area contributed by atoms with Gasteiger partial charge < -0.3 is 10.1 Å². The van der Waals surface area contributed by atoms with Crippen molar-refractivity contribution in [3.63, 3.8) is 0 Å². The van der Waals surface area contributed by atoms with Gasteiger partial charge in [-0.3, -0.25) is 4.90 Å². The number of nitrogens with one attached hydrogen (secondary N) is 1. The molecule has 1 aliphatic heterocycles. The van der Waals surface area contributed by atoms with E-state index in [1.54, 1.807) is 0 Å².